The number of amides is 2. The summed E-state index contributed by atoms with van der Waals surface area (Å²) in [5.41, 5.74) is -1.09. The molecule has 2 amide bonds. The fourth-order valence-corrected chi connectivity index (χ4v) is 1.95. The van der Waals surface area contributed by atoms with Gasteiger partial charge in [0.1, 0.15) is 5.82 Å². The average molecular weight is 493 g/mol. The first kappa shape index (κ1) is 25.7. The maximum absolute atomic E-state index is 12.6. The molecule has 0 fully saturated rings. The summed E-state index contributed by atoms with van der Waals surface area (Å²) >= 11 is 0. The predicted octanol–water partition coefficient (Wildman–Crippen LogP) is 4.44. The fourth-order valence-electron chi connectivity index (χ4n) is 1.95. The minimum atomic E-state index is -4.81. The summed E-state index contributed by atoms with van der Waals surface area (Å²) in [5.74, 6) is -2.83. The monoisotopic (exact) mass is 493 g/mol. The van der Waals surface area contributed by atoms with Crippen LogP contribution in [0.1, 0.15) is 5.56 Å². The Kier molecular flexibility index (Phi) is 7.43. The molecule has 0 bridgehead atoms. The van der Waals surface area contributed by atoms with Crippen molar-refractivity contribution in [2.75, 3.05) is 30.5 Å². The highest BCUT2D eigenvalue weighted by molar-refractivity contribution is 5.99. The van der Waals surface area contributed by atoms with Crippen molar-refractivity contribution in [1.82, 2.24) is 15.0 Å². The van der Waals surface area contributed by atoms with Gasteiger partial charge in [-0.15, -0.1) is 0 Å². The van der Waals surface area contributed by atoms with Crippen LogP contribution in [-0.4, -0.2) is 53.6 Å². The smallest absolute Gasteiger partial charge is 0.422 e. The number of anilines is 2. The quantitative estimate of drug-likeness (QED) is 0.599. The van der Waals surface area contributed by atoms with E-state index >= 15 is 0 Å². The molecule has 0 unspecified atom stereocenters. The molecule has 17 heteroatoms. The number of rotatable bonds is 6. The molecule has 2 aromatic heterocycles. The number of ether oxygens (including phenoxy) is 2. The molecule has 33 heavy (non-hydrogen) atoms. The van der Waals surface area contributed by atoms with Crippen LogP contribution in [0.3, 0.4) is 0 Å². The van der Waals surface area contributed by atoms with Gasteiger partial charge in [0, 0.05) is 13.2 Å². The zero-order valence-corrected chi connectivity index (χ0v) is 16.1. The highest BCUT2D eigenvalue weighted by Gasteiger charge is 2.32. The molecule has 0 saturated carbocycles. The first-order valence-corrected chi connectivity index (χ1v) is 8.40. The van der Waals surface area contributed by atoms with Crippen LogP contribution < -0.4 is 19.7 Å². The molecule has 2 heterocycles. The molecule has 0 aliphatic heterocycles. The summed E-state index contributed by atoms with van der Waals surface area (Å²) in [6.45, 7) is -3.71. The number of hydrogen-bond acceptors (Lipinski definition) is 6. The van der Waals surface area contributed by atoms with Gasteiger partial charge in [0.15, 0.2) is 13.2 Å². The van der Waals surface area contributed by atoms with E-state index < -0.39 is 61.0 Å². The maximum atomic E-state index is 12.6. The van der Waals surface area contributed by atoms with E-state index in [2.05, 4.69) is 24.4 Å². The summed E-state index contributed by atoms with van der Waals surface area (Å²) in [7, 11) is 1.07. The topological polar surface area (TPSA) is 89.5 Å². The zero-order chi connectivity index (χ0) is 25.0. The predicted molar refractivity (Wildman–Crippen MR) is 91.8 cm³/mol. The number of hydrogen-bond donors (Lipinski definition) is 1. The van der Waals surface area contributed by atoms with E-state index in [1.165, 1.54) is 0 Å². The van der Waals surface area contributed by atoms with E-state index in [0.717, 1.165) is 13.1 Å². The van der Waals surface area contributed by atoms with E-state index in [0.29, 0.717) is 23.2 Å². The summed E-state index contributed by atoms with van der Waals surface area (Å²) in [6.07, 6.45) is -13.8. The van der Waals surface area contributed by atoms with Gasteiger partial charge in [0.2, 0.25) is 17.7 Å². The molecule has 182 valence electrons. The van der Waals surface area contributed by atoms with Gasteiger partial charge in [-0.2, -0.15) is 49.5 Å². The molecule has 0 aromatic carbocycles. The van der Waals surface area contributed by atoms with Gasteiger partial charge < -0.3 is 9.47 Å². The Morgan fingerprint density at radius 3 is 1.85 bits per heavy atom. The maximum Gasteiger partial charge on any atom is 0.422 e. The number of carbonyl (C=O) groups excluding carboxylic acids is 1. The van der Waals surface area contributed by atoms with Gasteiger partial charge in [-0.25, -0.2) is 9.78 Å². The van der Waals surface area contributed by atoms with E-state index in [-0.39, 0.29) is 5.82 Å². The molecule has 0 saturated heterocycles. The van der Waals surface area contributed by atoms with Crippen LogP contribution >= 0.6 is 0 Å². The number of urea groups is 1. The minimum Gasteiger partial charge on any atom is -0.468 e. The van der Waals surface area contributed by atoms with Crippen molar-refractivity contribution in [3.63, 3.8) is 0 Å². The molecular weight excluding hydrogens is 481 g/mol. The van der Waals surface area contributed by atoms with E-state index in [1.807, 2.05) is 5.32 Å². The van der Waals surface area contributed by atoms with E-state index in [4.69, 9.17) is 0 Å². The number of nitrogens with one attached hydrogen (secondary N) is 1. The lowest BCUT2D eigenvalue weighted by molar-refractivity contribution is -0.154. The molecule has 0 aliphatic carbocycles. The zero-order valence-electron chi connectivity index (χ0n) is 16.1. The van der Waals surface area contributed by atoms with Crippen molar-refractivity contribution in [3.8, 4) is 11.8 Å². The Balaban J connectivity index is 2.21. The van der Waals surface area contributed by atoms with Gasteiger partial charge in [0.25, 0.3) is 0 Å². The van der Waals surface area contributed by atoms with Crippen LogP contribution in [0.25, 0.3) is 0 Å². The van der Waals surface area contributed by atoms with Gasteiger partial charge in [-0.1, -0.05) is 0 Å². The molecule has 0 spiro atoms. The Bertz CT molecular complexity index is 926. The number of halogens is 9. The van der Waals surface area contributed by atoms with Crippen molar-refractivity contribution < 1.29 is 53.8 Å². The number of aromatic nitrogens is 3. The largest absolute Gasteiger partial charge is 0.468 e. The summed E-state index contributed by atoms with van der Waals surface area (Å²) in [5, 5.41) is 1.94. The second-order valence-electron chi connectivity index (χ2n) is 6.07. The second kappa shape index (κ2) is 9.53. The van der Waals surface area contributed by atoms with Crippen molar-refractivity contribution in [1.29, 1.82) is 0 Å². The Labute approximate surface area is 178 Å². The molecule has 0 aliphatic rings. The highest BCUT2D eigenvalue weighted by atomic mass is 19.4. The molecule has 0 atom stereocenters. The third-order valence-corrected chi connectivity index (χ3v) is 3.39. The summed E-state index contributed by atoms with van der Waals surface area (Å²) in [4.78, 5) is 23.3. The number of nitrogens with zero attached hydrogens (tertiary/aromatic N) is 4. The van der Waals surface area contributed by atoms with Crippen LogP contribution in [0, 0.1) is 0 Å². The molecule has 2 aromatic rings. The van der Waals surface area contributed by atoms with Gasteiger partial charge in [-0.05, 0) is 12.1 Å². The van der Waals surface area contributed by atoms with Crippen LogP contribution in [0.2, 0.25) is 0 Å². The van der Waals surface area contributed by atoms with Gasteiger partial charge in [-0.3, -0.25) is 10.2 Å². The summed E-state index contributed by atoms with van der Waals surface area (Å²) in [6, 6.07) is 0.882. The standard InChI is InChI=1S/C16H12F9N5O3/c1-30(9-3-2-8(5-26-9)16(23,24)25)13(31)29-12-27-10(32-6-14(17,18)19)4-11(28-12)33-7-15(20,21)22/h2-5H,6-7H2,1H3,(H,27,28,29,31). The molecule has 8 nitrogen and oxygen atoms in total. The van der Waals surface area contributed by atoms with Gasteiger partial charge >= 0.3 is 24.6 Å². The lowest BCUT2D eigenvalue weighted by atomic mass is 10.3. The third kappa shape index (κ3) is 8.49. The minimum absolute atomic E-state index is 0.279. The molecule has 1 N–H and O–H groups in total. The normalized spacial score (nSPS) is 12.3. The fraction of sp³-hybridized carbons (Fsp3) is 0.375. The SMILES string of the molecule is CN(C(=O)Nc1nc(OCC(F)(F)F)cc(OCC(F)(F)F)n1)c1ccc(C(F)(F)F)cn1. The lowest BCUT2D eigenvalue weighted by Gasteiger charge is -2.18. The van der Waals surface area contributed by atoms with Gasteiger partial charge in [0.05, 0.1) is 11.6 Å². The number of alkyl halides is 9. The Morgan fingerprint density at radius 2 is 1.45 bits per heavy atom. The highest BCUT2D eigenvalue weighted by Crippen LogP contribution is 2.29. The van der Waals surface area contributed by atoms with Crippen molar-refractivity contribution >= 4 is 17.8 Å². The molecule has 2 rings (SSSR count). The first-order valence-electron chi connectivity index (χ1n) is 8.40. The first-order chi connectivity index (χ1) is 15.0. The van der Waals surface area contributed by atoms with Crippen LogP contribution in [-0.2, 0) is 6.18 Å². The second-order valence-corrected chi connectivity index (χ2v) is 6.07. The molecular formula is C16H12F9N5O3. The average Bonchev–Trinajstić information content (AvgIpc) is 2.68. The Hall–Kier alpha value is -3.53. The number of pyridine rings is 1. The van der Waals surface area contributed by atoms with Crippen LogP contribution in [0.5, 0.6) is 11.8 Å². The molecule has 0 radical (unpaired) electrons. The van der Waals surface area contributed by atoms with Crippen LogP contribution in [0.15, 0.2) is 24.4 Å². The number of carbonyl (C=O) groups is 1. The van der Waals surface area contributed by atoms with E-state index in [1.54, 1.807) is 0 Å². The van der Waals surface area contributed by atoms with Crippen molar-refractivity contribution in [3.05, 3.63) is 30.0 Å². The summed E-state index contributed by atoms with van der Waals surface area (Å²) < 4.78 is 121. The third-order valence-electron chi connectivity index (χ3n) is 3.39. The van der Waals surface area contributed by atoms with E-state index in [9.17, 15) is 44.3 Å². The lowest BCUT2D eigenvalue weighted by Crippen LogP contribution is -2.32. The van der Waals surface area contributed by atoms with Crippen LogP contribution in [0.4, 0.5) is 56.1 Å². The Morgan fingerprint density at radius 1 is 0.939 bits per heavy atom. The van der Waals surface area contributed by atoms with Crippen molar-refractivity contribution in [2.45, 2.75) is 18.5 Å². The van der Waals surface area contributed by atoms with Crippen molar-refractivity contribution in [2.24, 2.45) is 0 Å².